The van der Waals surface area contributed by atoms with Crippen LogP contribution >= 0.6 is 0 Å². The Labute approximate surface area is 346 Å². The molecule has 0 fully saturated rings. The van der Waals surface area contributed by atoms with Gasteiger partial charge in [-0.2, -0.15) is 0 Å². The van der Waals surface area contributed by atoms with Gasteiger partial charge >= 0.3 is 0 Å². The zero-order valence-electron chi connectivity index (χ0n) is 36.4. The number of rotatable bonds is 40. The Morgan fingerprint density at radius 1 is 0.446 bits per heavy atom. The van der Waals surface area contributed by atoms with E-state index < -0.39 is 12.1 Å². The Bertz CT molecular complexity index is 1110. The number of aliphatic hydroxyl groups excluding tert-OH is 2. The van der Waals surface area contributed by atoms with Gasteiger partial charge in [-0.3, -0.25) is 4.79 Å². The monoisotopic (exact) mass is 774 g/mol. The molecule has 0 aromatic heterocycles. The van der Waals surface area contributed by atoms with Crippen LogP contribution in [0.3, 0.4) is 0 Å². The van der Waals surface area contributed by atoms with Gasteiger partial charge in [-0.15, -0.1) is 0 Å². The highest BCUT2D eigenvalue weighted by molar-refractivity contribution is 5.76. The molecule has 0 aliphatic heterocycles. The number of hydrogen-bond acceptors (Lipinski definition) is 3. The van der Waals surface area contributed by atoms with Gasteiger partial charge in [-0.25, -0.2) is 0 Å². The molecule has 4 heteroatoms. The number of unbranched alkanes of at least 4 members (excludes halogenated alkanes) is 17. The van der Waals surface area contributed by atoms with Crippen molar-refractivity contribution in [3.05, 3.63) is 109 Å². The first-order valence-electron chi connectivity index (χ1n) is 23.1. The molecule has 318 valence electrons. The molecule has 3 N–H and O–H groups in total. The third kappa shape index (κ3) is 42.2. The average molecular weight is 774 g/mol. The largest absolute Gasteiger partial charge is 0.394 e. The third-order valence-corrected chi connectivity index (χ3v) is 9.76. The van der Waals surface area contributed by atoms with E-state index in [0.29, 0.717) is 6.42 Å². The zero-order valence-corrected chi connectivity index (χ0v) is 36.4. The first-order valence-corrected chi connectivity index (χ1v) is 23.1. The lowest BCUT2D eigenvalue weighted by atomic mass is 10.0. The molecule has 2 atom stereocenters. The maximum Gasteiger partial charge on any atom is 0.220 e. The third-order valence-electron chi connectivity index (χ3n) is 9.76. The van der Waals surface area contributed by atoms with Crippen LogP contribution in [0.25, 0.3) is 0 Å². The van der Waals surface area contributed by atoms with Crippen molar-refractivity contribution in [2.75, 3.05) is 6.61 Å². The molecular formula is C52H87NO3. The highest BCUT2D eigenvalue weighted by atomic mass is 16.3. The average Bonchev–Trinajstić information content (AvgIpc) is 3.20. The summed E-state index contributed by atoms with van der Waals surface area (Å²) in [6.45, 7) is 4.17. The summed E-state index contributed by atoms with van der Waals surface area (Å²) in [5, 5.41) is 23.0. The quantitative estimate of drug-likeness (QED) is 0.0429. The zero-order chi connectivity index (χ0) is 40.7. The molecule has 0 rings (SSSR count). The molecule has 4 nitrogen and oxygen atoms in total. The molecule has 2 unspecified atom stereocenters. The summed E-state index contributed by atoms with van der Waals surface area (Å²) in [5.74, 6) is -0.111. The number of carbonyl (C=O) groups excluding carboxylic acids is 1. The summed E-state index contributed by atoms with van der Waals surface area (Å²) in [7, 11) is 0. The first-order chi connectivity index (χ1) is 27.7. The second-order valence-electron chi connectivity index (χ2n) is 15.1. The molecule has 0 bridgehead atoms. The van der Waals surface area contributed by atoms with Crippen molar-refractivity contribution in [3.63, 3.8) is 0 Å². The highest BCUT2D eigenvalue weighted by Crippen LogP contribution is 2.14. The van der Waals surface area contributed by atoms with E-state index in [1.54, 1.807) is 6.08 Å². The van der Waals surface area contributed by atoms with Crippen molar-refractivity contribution < 1.29 is 15.0 Å². The van der Waals surface area contributed by atoms with Gasteiger partial charge in [0.05, 0.1) is 18.8 Å². The van der Waals surface area contributed by atoms with Gasteiger partial charge in [0, 0.05) is 6.42 Å². The van der Waals surface area contributed by atoms with Crippen LogP contribution in [0.4, 0.5) is 0 Å². The molecular weight excluding hydrogens is 687 g/mol. The van der Waals surface area contributed by atoms with Crippen LogP contribution in [0, 0.1) is 0 Å². The van der Waals surface area contributed by atoms with Crippen molar-refractivity contribution in [1.82, 2.24) is 5.32 Å². The Hall–Kier alpha value is -2.95. The van der Waals surface area contributed by atoms with E-state index >= 15 is 0 Å². The predicted octanol–water partition coefficient (Wildman–Crippen LogP) is 14.8. The van der Waals surface area contributed by atoms with Crippen molar-refractivity contribution in [2.24, 2.45) is 0 Å². The second kappa shape index (κ2) is 46.4. The molecule has 56 heavy (non-hydrogen) atoms. The lowest BCUT2D eigenvalue weighted by molar-refractivity contribution is -0.123. The fraction of sp³-hybridized carbons (Fsp3) is 0.635. The smallest absolute Gasteiger partial charge is 0.220 e. The number of amides is 1. The highest BCUT2D eigenvalue weighted by Gasteiger charge is 2.17. The minimum atomic E-state index is -0.865. The summed E-state index contributed by atoms with van der Waals surface area (Å²) in [4.78, 5) is 12.4. The van der Waals surface area contributed by atoms with Crippen LogP contribution in [0.1, 0.15) is 194 Å². The van der Waals surface area contributed by atoms with Crippen LogP contribution in [0.5, 0.6) is 0 Å². The van der Waals surface area contributed by atoms with Gasteiger partial charge in [-0.05, 0) is 83.5 Å². The lowest BCUT2D eigenvalue weighted by Crippen LogP contribution is -2.45. The fourth-order valence-corrected chi connectivity index (χ4v) is 6.25. The van der Waals surface area contributed by atoms with Gasteiger partial charge in [0.25, 0.3) is 0 Å². The summed E-state index contributed by atoms with van der Waals surface area (Å²) < 4.78 is 0. The van der Waals surface area contributed by atoms with E-state index in [0.717, 1.165) is 83.5 Å². The number of nitrogens with one attached hydrogen (secondary N) is 1. The van der Waals surface area contributed by atoms with E-state index in [-0.39, 0.29) is 12.5 Å². The molecule has 1 amide bonds. The van der Waals surface area contributed by atoms with E-state index in [4.69, 9.17) is 0 Å². The summed E-state index contributed by atoms with van der Waals surface area (Å²) >= 11 is 0. The molecule has 0 aromatic carbocycles. The van der Waals surface area contributed by atoms with Gasteiger partial charge in [-0.1, -0.05) is 213 Å². The molecule has 0 aromatic rings. The van der Waals surface area contributed by atoms with Crippen LogP contribution < -0.4 is 5.32 Å². The van der Waals surface area contributed by atoms with Crippen LogP contribution in [-0.2, 0) is 4.79 Å². The molecule has 0 aliphatic carbocycles. The number of carbonyl (C=O) groups is 1. The summed E-state index contributed by atoms with van der Waals surface area (Å²) in [6, 6.07) is -0.653. The maximum atomic E-state index is 12.4. The molecule has 0 saturated carbocycles. The Balaban J connectivity index is 3.74. The van der Waals surface area contributed by atoms with E-state index in [1.165, 1.54) is 89.9 Å². The van der Waals surface area contributed by atoms with Gasteiger partial charge in [0.1, 0.15) is 0 Å². The number of hydrogen-bond donors (Lipinski definition) is 3. The number of allylic oxidation sites excluding steroid dienone is 17. The molecule has 0 aliphatic rings. The topological polar surface area (TPSA) is 69.6 Å². The fourth-order valence-electron chi connectivity index (χ4n) is 6.25. The SMILES string of the molecule is CC/C=C\C/C=C\C/C=C\C/C=C\C/C=C\C/C=C\C/C=C\C/C=C\CCCCC(=O)NC(CO)C(O)/C=C/CCCCCCCCCCCCCCCCC. The first kappa shape index (κ1) is 53.0. The summed E-state index contributed by atoms with van der Waals surface area (Å²) in [5.41, 5.74) is 0. The Morgan fingerprint density at radius 3 is 1.18 bits per heavy atom. The predicted molar refractivity (Wildman–Crippen MR) is 248 cm³/mol. The molecule has 0 spiro atoms. The maximum absolute atomic E-state index is 12.4. The molecule has 0 saturated heterocycles. The Morgan fingerprint density at radius 2 is 0.786 bits per heavy atom. The Kier molecular flexibility index (Phi) is 44.0. The minimum absolute atomic E-state index is 0.111. The van der Waals surface area contributed by atoms with Crippen molar-refractivity contribution >= 4 is 5.91 Å². The second-order valence-corrected chi connectivity index (χ2v) is 15.1. The van der Waals surface area contributed by atoms with Gasteiger partial charge in [0.15, 0.2) is 0 Å². The van der Waals surface area contributed by atoms with Crippen molar-refractivity contribution in [3.8, 4) is 0 Å². The van der Waals surface area contributed by atoms with E-state index in [1.807, 2.05) is 6.08 Å². The van der Waals surface area contributed by atoms with Crippen LogP contribution in [0.15, 0.2) is 109 Å². The minimum Gasteiger partial charge on any atom is -0.394 e. The van der Waals surface area contributed by atoms with Gasteiger partial charge < -0.3 is 15.5 Å². The standard InChI is InChI=1S/C52H87NO3/c1-3-5-7-9-11-13-15-17-19-21-22-23-24-25-26-27-28-29-30-32-34-36-38-40-42-44-46-48-52(56)53-50(49-54)51(55)47-45-43-41-39-37-35-33-31-20-18-16-14-12-10-8-6-4-2/h5,7,11,13,17,19,22-23,25-26,28-29,32,34,38,40,45,47,50-51,54-55H,3-4,6,8-10,12,14-16,18,20-21,24,27,30-31,33,35-37,39,41-44,46,48-49H2,1-2H3,(H,53,56)/b7-5-,13-11-,19-17-,23-22-,26-25-,29-28-,34-32-,40-38-,47-45+. The van der Waals surface area contributed by atoms with Crippen molar-refractivity contribution in [1.29, 1.82) is 0 Å². The molecule has 0 heterocycles. The van der Waals surface area contributed by atoms with Crippen molar-refractivity contribution in [2.45, 2.75) is 206 Å². The van der Waals surface area contributed by atoms with Crippen LogP contribution in [-0.4, -0.2) is 34.9 Å². The van der Waals surface area contributed by atoms with Gasteiger partial charge in [0.2, 0.25) is 5.91 Å². The van der Waals surface area contributed by atoms with E-state index in [2.05, 4.69) is 116 Å². The number of aliphatic hydroxyl groups is 2. The molecule has 0 radical (unpaired) electrons. The lowest BCUT2D eigenvalue weighted by Gasteiger charge is -2.19. The van der Waals surface area contributed by atoms with Crippen LogP contribution in [0.2, 0.25) is 0 Å². The van der Waals surface area contributed by atoms with E-state index in [9.17, 15) is 15.0 Å². The normalized spacial score (nSPS) is 14.0. The summed E-state index contributed by atoms with van der Waals surface area (Å²) in [6.07, 6.45) is 70.5.